The van der Waals surface area contributed by atoms with Gasteiger partial charge < -0.3 is 5.32 Å². The van der Waals surface area contributed by atoms with Crippen molar-refractivity contribution in [1.29, 1.82) is 0 Å². The first-order valence-electron chi connectivity index (χ1n) is 7.53. The topological polar surface area (TPSA) is 85.9 Å². The molecule has 7 nitrogen and oxygen atoms in total. The van der Waals surface area contributed by atoms with Crippen LogP contribution in [0.15, 0.2) is 54.9 Å². The lowest BCUT2D eigenvalue weighted by Gasteiger charge is -2.12. The van der Waals surface area contributed by atoms with Crippen LogP contribution in [0.4, 0.5) is 17.3 Å². The molecule has 122 valence electrons. The van der Waals surface area contributed by atoms with Crippen LogP contribution in [0, 0.1) is 17.0 Å². The zero-order valence-electron chi connectivity index (χ0n) is 13.4. The van der Waals surface area contributed by atoms with Crippen LogP contribution in [0.3, 0.4) is 0 Å². The van der Waals surface area contributed by atoms with Crippen LogP contribution in [-0.4, -0.2) is 19.7 Å². The summed E-state index contributed by atoms with van der Waals surface area (Å²) in [5.41, 5.74) is 1.72. The molecule has 7 heteroatoms. The number of anilines is 2. The van der Waals surface area contributed by atoms with E-state index in [4.69, 9.17) is 0 Å². The summed E-state index contributed by atoms with van der Waals surface area (Å²) < 4.78 is 1.86. The smallest absolute Gasteiger partial charge is 0.290 e. The molecule has 0 fully saturated rings. The summed E-state index contributed by atoms with van der Waals surface area (Å²) in [5.74, 6) is 1.16. The molecule has 2 aromatic heterocycles. The van der Waals surface area contributed by atoms with E-state index in [0.717, 1.165) is 5.56 Å². The van der Waals surface area contributed by atoms with Crippen LogP contribution >= 0.6 is 0 Å². The summed E-state index contributed by atoms with van der Waals surface area (Å²) in [6.07, 6.45) is 3.14. The second-order valence-electron chi connectivity index (χ2n) is 5.51. The van der Waals surface area contributed by atoms with Crippen molar-refractivity contribution in [2.75, 3.05) is 5.32 Å². The summed E-state index contributed by atoms with van der Waals surface area (Å²) in [6, 6.07) is 13.7. The van der Waals surface area contributed by atoms with Crippen LogP contribution in [-0.2, 0) is 0 Å². The molecule has 0 aliphatic heterocycles. The fourth-order valence-corrected chi connectivity index (χ4v) is 2.44. The molecule has 0 spiro atoms. The molecule has 24 heavy (non-hydrogen) atoms. The largest absolute Gasteiger partial charge is 0.323 e. The molecule has 0 bridgehead atoms. The number of aromatic nitrogens is 3. The van der Waals surface area contributed by atoms with Gasteiger partial charge in [-0.05, 0) is 25.5 Å². The molecule has 1 N–H and O–H groups in total. The van der Waals surface area contributed by atoms with Gasteiger partial charge in [-0.2, -0.15) is 5.10 Å². The monoisotopic (exact) mass is 323 g/mol. The van der Waals surface area contributed by atoms with Gasteiger partial charge in [0.05, 0.1) is 11.0 Å². The van der Waals surface area contributed by atoms with Gasteiger partial charge in [-0.25, -0.2) is 4.98 Å². The molecule has 0 amide bonds. The number of nitro groups is 1. The molecule has 1 aromatic carbocycles. The highest BCUT2D eigenvalue weighted by Crippen LogP contribution is 2.22. The Labute approximate surface area is 139 Å². The Morgan fingerprint density at radius 1 is 1.21 bits per heavy atom. The van der Waals surface area contributed by atoms with Gasteiger partial charge in [-0.3, -0.25) is 14.8 Å². The van der Waals surface area contributed by atoms with Crippen molar-refractivity contribution in [3.05, 3.63) is 76.1 Å². The highest BCUT2D eigenvalue weighted by molar-refractivity contribution is 5.55. The van der Waals surface area contributed by atoms with E-state index in [1.54, 1.807) is 13.0 Å². The van der Waals surface area contributed by atoms with Gasteiger partial charge >= 0.3 is 0 Å². The van der Waals surface area contributed by atoms with Gasteiger partial charge in [-0.1, -0.05) is 30.3 Å². The molecular weight excluding hydrogens is 306 g/mol. The Balaban J connectivity index is 1.77. The minimum Gasteiger partial charge on any atom is -0.323 e. The van der Waals surface area contributed by atoms with Crippen molar-refractivity contribution in [3.8, 4) is 0 Å². The van der Waals surface area contributed by atoms with E-state index in [0.29, 0.717) is 17.2 Å². The normalized spacial score (nSPS) is 11.9. The number of pyridine rings is 1. The van der Waals surface area contributed by atoms with Gasteiger partial charge in [0.2, 0.25) is 0 Å². The average Bonchev–Trinajstić information content (AvgIpc) is 3.03. The minimum atomic E-state index is -0.442. The zero-order valence-corrected chi connectivity index (χ0v) is 13.4. The summed E-state index contributed by atoms with van der Waals surface area (Å²) in [4.78, 5) is 14.5. The number of rotatable bonds is 5. The Kier molecular flexibility index (Phi) is 4.24. The molecule has 0 aliphatic carbocycles. The number of nitrogens with one attached hydrogen (secondary N) is 1. The van der Waals surface area contributed by atoms with Crippen molar-refractivity contribution in [2.24, 2.45) is 0 Å². The van der Waals surface area contributed by atoms with Crippen molar-refractivity contribution >= 4 is 17.3 Å². The van der Waals surface area contributed by atoms with Crippen molar-refractivity contribution in [2.45, 2.75) is 19.9 Å². The van der Waals surface area contributed by atoms with E-state index in [1.807, 2.05) is 35.1 Å². The zero-order chi connectivity index (χ0) is 17.1. The Morgan fingerprint density at radius 3 is 2.62 bits per heavy atom. The maximum Gasteiger partial charge on any atom is 0.290 e. The molecular formula is C17H17N5O2. The van der Waals surface area contributed by atoms with Gasteiger partial charge in [0, 0.05) is 17.8 Å². The van der Waals surface area contributed by atoms with Gasteiger partial charge in [0.15, 0.2) is 5.82 Å². The second-order valence-corrected chi connectivity index (χ2v) is 5.51. The molecule has 0 aliphatic rings. The maximum atomic E-state index is 10.8. The van der Waals surface area contributed by atoms with E-state index < -0.39 is 4.92 Å². The van der Waals surface area contributed by atoms with Gasteiger partial charge in [0.1, 0.15) is 12.0 Å². The van der Waals surface area contributed by atoms with Gasteiger partial charge in [-0.15, -0.1) is 0 Å². The molecule has 0 saturated carbocycles. The van der Waals surface area contributed by atoms with E-state index in [-0.39, 0.29) is 11.7 Å². The molecule has 0 radical (unpaired) electrons. The standard InChI is InChI=1S/C17H17N5O2/c1-12-10-17(18-11-15(12)22(23)24)19-16-8-9-21(20-16)13(2)14-6-4-3-5-7-14/h3-11,13H,1-2H3,(H,18,19,20). The molecule has 2 heterocycles. The highest BCUT2D eigenvalue weighted by Gasteiger charge is 2.13. The van der Waals surface area contributed by atoms with Crippen LogP contribution in [0.5, 0.6) is 0 Å². The third-order valence-electron chi connectivity index (χ3n) is 3.82. The average molecular weight is 323 g/mol. The van der Waals surface area contributed by atoms with E-state index >= 15 is 0 Å². The number of benzene rings is 1. The van der Waals surface area contributed by atoms with Crippen LogP contribution in [0.2, 0.25) is 0 Å². The Hall–Kier alpha value is -3.22. The first-order chi connectivity index (χ1) is 11.5. The number of nitrogens with zero attached hydrogens (tertiary/aromatic N) is 4. The first kappa shape index (κ1) is 15.7. The Bertz CT molecular complexity index is 860. The lowest BCUT2D eigenvalue weighted by molar-refractivity contribution is -0.385. The number of hydrogen-bond acceptors (Lipinski definition) is 5. The van der Waals surface area contributed by atoms with Gasteiger partial charge in [0.25, 0.3) is 5.69 Å². The highest BCUT2D eigenvalue weighted by atomic mass is 16.6. The predicted molar refractivity (Wildman–Crippen MR) is 91.4 cm³/mol. The molecule has 0 saturated heterocycles. The minimum absolute atomic E-state index is 0.00350. The van der Waals surface area contributed by atoms with Crippen molar-refractivity contribution in [1.82, 2.24) is 14.8 Å². The van der Waals surface area contributed by atoms with E-state index in [2.05, 4.69) is 34.5 Å². The third-order valence-corrected chi connectivity index (χ3v) is 3.82. The summed E-state index contributed by atoms with van der Waals surface area (Å²) in [6.45, 7) is 3.75. The van der Waals surface area contributed by atoms with Crippen LogP contribution in [0.25, 0.3) is 0 Å². The fourth-order valence-electron chi connectivity index (χ4n) is 2.44. The SMILES string of the molecule is Cc1cc(Nc2ccn(C(C)c3ccccc3)n2)ncc1[N+](=O)[O-]. The maximum absolute atomic E-state index is 10.8. The lowest BCUT2D eigenvalue weighted by Crippen LogP contribution is -2.07. The van der Waals surface area contributed by atoms with Crippen molar-refractivity contribution < 1.29 is 4.92 Å². The molecule has 1 unspecified atom stereocenters. The van der Waals surface area contributed by atoms with E-state index in [9.17, 15) is 10.1 Å². The predicted octanol–water partition coefficient (Wildman–Crippen LogP) is 3.85. The number of aryl methyl sites for hydroxylation is 1. The molecule has 1 atom stereocenters. The summed E-state index contributed by atoms with van der Waals surface area (Å²) in [5, 5.41) is 18.4. The Morgan fingerprint density at radius 2 is 1.96 bits per heavy atom. The first-order valence-corrected chi connectivity index (χ1v) is 7.53. The quantitative estimate of drug-likeness (QED) is 0.569. The molecule has 3 rings (SSSR count). The lowest BCUT2D eigenvalue weighted by atomic mass is 10.1. The summed E-state index contributed by atoms with van der Waals surface area (Å²) >= 11 is 0. The number of hydrogen-bond donors (Lipinski definition) is 1. The van der Waals surface area contributed by atoms with Crippen molar-refractivity contribution in [3.63, 3.8) is 0 Å². The third kappa shape index (κ3) is 3.24. The fraction of sp³-hybridized carbons (Fsp3) is 0.176. The van der Waals surface area contributed by atoms with Crippen LogP contribution < -0.4 is 5.32 Å². The molecule has 3 aromatic rings. The second kappa shape index (κ2) is 6.49. The van der Waals surface area contributed by atoms with E-state index in [1.165, 1.54) is 6.20 Å². The van der Waals surface area contributed by atoms with Crippen LogP contribution in [0.1, 0.15) is 24.1 Å². The summed E-state index contributed by atoms with van der Waals surface area (Å²) in [7, 11) is 0.